The third-order valence-corrected chi connectivity index (χ3v) is 10.2. The van der Waals surface area contributed by atoms with Crippen molar-refractivity contribution in [2.24, 2.45) is 0 Å². The van der Waals surface area contributed by atoms with Crippen LogP contribution in [-0.2, 0) is 21.0 Å². The van der Waals surface area contributed by atoms with E-state index in [1.54, 1.807) is 0 Å². The second-order valence-electron chi connectivity index (χ2n) is 10.1. The molecule has 1 spiro atoms. The summed E-state index contributed by atoms with van der Waals surface area (Å²) < 4.78 is 26.4. The Morgan fingerprint density at radius 3 is 2.12 bits per heavy atom. The maximum atomic E-state index is 13.2. The highest BCUT2D eigenvalue weighted by Gasteiger charge is 2.47. The Bertz CT molecular complexity index is 1500. The van der Waals surface area contributed by atoms with Crippen LogP contribution in [0.4, 0.5) is 0 Å². The third-order valence-electron chi connectivity index (χ3n) is 7.12. The van der Waals surface area contributed by atoms with Gasteiger partial charge >= 0.3 is 0 Å². The van der Waals surface area contributed by atoms with Gasteiger partial charge in [0.05, 0.1) is 5.41 Å². The first-order valence-corrected chi connectivity index (χ1v) is 16.8. The maximum absolute atomic E-state index is 13.2. The molecule has 34 heavy (non-hydrogen) atoms. The molecule has 2 aliphatic rings. The van der Waals surface area contributed by atoms with Crippen LogP contribution >= 0.6 is 14.3 Å². The number of hydrogen-bond acceptors (Lipinski definition) is 2. The zero-order valence-corrected chi connectivity index (χ0v) is 22.0. The van der Waals surface area contributed by atoms with Crippen molar-refractivity contribution >= 4 is 19.6 Å². The van der Waals surface area contributed by atoms with Crippen molar-refractivity contribution in [2.45, 2.75) is 11.8 Å². The topological polar surface area (TPSA) is 34.1 Å². The number of benzene rings is 3. The molecule has 0 bridgehead atoms. The summed E-state index contributed by atoms with van der Waals surface area (Å²) in [6, 6.07) is 23.3. The van der Waals surface area contributed by atoms with Crippen LogP contribution in [0.15, 0.2) is 102 Å². The Hall–Kier alpha value is -2.66. The van der Waals surface area contributed by atoms with E-state index in [9.17, 15) is 9.13 Å². The van der Waals surface area contributed by atoms with Gasteiger partial charge in [-0.1, -0.05) is 79.4 Å². The standard InChI is InChI=1S/C30H30O2P2/c1-21-19-23(33(2,3)31)13-10-12-22-11-6-8-15-27(22)30(21)28-16-9-7-14-25(28)26-18-17-24(20-29(26)30)34(4,5)32/h6-11,13-20H,1,12H2,2-5H3/b13-10-,23-19+. The van der Waals surface area contributed by atoms with E-state index < -0.39 is 19.7 Å². The molecule has 2 aliphatic carbocycles. The molecule has 4 heteroatoms. The van der Waals surface area contributed by atoms with Gasteiger partial charge in [-0.15, -0.1) is 0 Å². The molecular weight excluding hydrogens is 454 g/mol. The minimum Gasteiger partial charge on any atom is -0.319 e. The highest BCUT2D eigenvalue weighted by atomic mass is 31.2. The molecule has 2 nitrogen and oxygen atoms in total. The lowest BCUT2D eigenvalue weighted by molar-refractivity contribution is 0.586. The van der Waals surface area contributed by atoms with E-state index in [1.807, 2.05) is 44.9 Å². The van der Waals surface area contributed by atoms with Gasteiger partial charge in [0.15, 0.2) is 0 Å². The van der Waals surface area contributed by atoms with Crippen molar-refractivity contribution in [2.75, 3.05) is 26.7 Å². The summed E-state index contributed by atoms with van der Waals surface area (Å²) >= 11 is 0. The SMILES string of the molecule is C=C1/C=C(P(C)(C)=O)\C=C/Cc2ccccc2C12c1ccccc1-c1ccc(P(C)(C)=O)cc12. The third kappa shape index (κ3) is 3.48. The molecule has 0 saturated heterocycles. The van der Waals surface area contributed by atoms with Crippen LogP contribution in [0.1, 0.15) is 22.3 Å². The molecular formula is C30H30O2P2. The summed E-state index contributed by atoms with van der Waals surface area (Å²) in [6.07, 6.45) is 6.89. The first-order valence-electron chi connectivity index (χ1n) is 11.6. The van der Waals surface area contributed by atoms with Crippen molar-refractivity contribution < 1.29 is 9.13 Å². The van der Waals surface area contributed by atoms with E-state index in [4.69, 9.17) is 0 Å². The number of fused-ring (bicyclic) bond motifs is 7. The Morgan fingerprint density at radius 1 is 0.765 bits per heavy atom. The van der Waals surface area contributed by atoms with Gasteiger partial charge in [0.1, 0.15) is 14.3 Å². The van der Waals surface area contributed by atoms with Crippen LogP contribution in [0.3, 0.4) is 0 Å². The summed E-state index contributed by atoms with van der Waals surface area (Å²) in [5.41, 5.74) is 7.20. The zero-order chi connectivity index (χ0) is 24.3. The van der Waals surface area contributed by atoms with E-state index in [0.717, 1.165) is 33.7 Å². The Morgan fingerprint density at radius 2 is 1.41 bits per heavy atom. The van der Waals surface area contributed by atoms with Crippen molar-refractivity contribution in [3.8, 4) is 11.1 Å². The summed E-state index contributed by atoms with van der Waals surface area (Å²) in [7, 11) is -5.02. The Kier molecular flexibility index (Phi) is 5.40. The van der Waals surface area contributed by atoms with Crippen molar-refractivity contribution in [3.05, 3.63) is 125 Å². The number of allylic oxidation sites excluding steroid dienone is 5. The van der Waals surface area contributed by atoms with Gasteiger partial charge in [0.25, 0.3) is 0 Å². The lowest BCUT2D eigenvalue weighted by atomic mass is 9.66. The van der Waals surface area contributed by atoms with Crippen LogP contribution in [0.5, 0.6) is 0 Å². The minimum absolute atomic E-state index is 0.653. The van der Waals surface area contributed by atoms with E-state index in [2.05, 4.69) is 73.3 Å². The fourth-order valence-electron chi connectivity index (χ4n) is 5.45. The van der Waals surface area contributed by atoms with Crippen LogP contribution in [0.2, 0.25) is 0 Å². The molecule has 3 aromatic carbocycles. The van der Waals surface area contributed by atoms with E-state index in [1.165, 1.54) is 22.3 Å². The second kappa shape index (κ2) is 7.94. The van der Waals surface area contributed by atoms with Crippen LogP contribution in [0, 0.1) is 0 Å². The second-order valence-corrected chi connectivity index (χ2v) is 16.5. The van der Waals surface area contributed by atoms with Crippen LogP contribution in [-0.4, -0.2) is 26.7 Å². The molecule has 5 rings (SSSR count). The average molecular weight is 485 g/mol. The van der Waals surface area contributed by atoms with Crippen LogP contribution in [0.25, 0.3) is 11.1 Å². The van der Waals surface area contributed by atoms with Gasteiger partial charge in [-0.2, -0.15) is 0 Å². The van der Waals surface area contributed by atoms with Crippen molar-refractivity contribution in [1.29, 1.82) is 0 Å². The number of rotatable bonds is 2. The van der Waals surface area contributed by atoms with Gasteiger partial charge in [-0.3, -0.25) is 0 Å². The zero-order valence-electron chi connectivity index (χ0n) is 20.2. The first-order chi connectivity index (χ1) is 16.0. The summed E-state index contributed by atoms with van der Waals surface area (Å²) in [4.78, 5) is 0. The summed E-state index contributed by atoms with van der Waals surface area (Å²) in [5.74, 6) is 0. The molecule has 0 N–H and O–H groups in total. The highest BCUT2D eigenvalue weighted by Crippen LogP contribution is 2.59. The van der Waals surface area contributed by atoms with Gasteiger partial charge < -0.3 is 9.13 Å². The molecule has 0 heterocycles. The molecule has 3 aromatic rings. The van der Waals surface area contributed by atoms with Gasteiger partial charge in [0.2, 0.25) is 0 Å². The number of hydrogen-bond donors (Lipinski definition) is 0. The fourth-order valence-corrected chi connectivity index (χ4v) is 7.26. The Labute approximate surface area is 202 Å². The van der Waals surface area contributed by atoms with E-state index in [0.29, 0.717) is 0 Å². The monoisotopic (exact) mass is 484 g/mol. The molecule has 1 unspecified atom stereocenters. The Balaban J connectivity index is 1.97. The molecule has 1 atom stereocenters. The van der Waals surface area contributed by atoms with Crippen molar-refractivity contribution in [1.82, 2.24) is 0 Å². The smallest absolute Gasteiger partial charge is 0.109 e. The molecule has 0 aromatic heterocycles. The highest BCUT2D eigenvalue weighted by molar-refractivity contribution is 7.70. The summed E-state index contributed by atoms with van der Waals surface area (Å²) in [6.45, 7) is 11.9. The minimum atomic E-state index is -2.53. The normalized spacial score (nSPS) is 22.0. The lowest BCUT2D eigenvalue weighted by Crippen LogP contribution is -2.30. The molecule has 0 amide bonds. The molecule has 172 valence electrons. The van der Waals surface area contributed by atoms with E-state index >= 15 is 0 Å². The largest absolute Gasteiger partial charge is 0.319 e. The average Bonchev–Trinajstić information content (AvgIpc) is 3.10. The maximum Gasteiger partial charge on any atom is 0.109 e. The van der Waals surface area contributed by atoms with Crippen molar-refractivity contribution in [3.63, 3.8) is 0 Å². The fraction of sp³-hybridized carbons (Fsp3) is 0.200. The van der Waals surface area contributed by atoms with Gasteiger partial charge in [-0.05, 0) is 84.2 Å². The predicted octanol–water partition coefficient (Wildman–Crippen LogP) is 7.42. The first kappa shape index (κ1) is 23.1. The molecule has 0 aliphatic heterocycles. The molecule has 0 radical (unpaired) electrons. The van der Waals surface area contributed by atoms with Gasteiger partial charge in [0, 0.05) is 10.6 Å². The quantitative estimate of drug-likeness (QED) is 0.355. The van der Waals surface area contributed by atoms with Crippen LogP contribution < -0.4 is 5.30 Å². The predicted molar refractivity (Wildman–Crippen MR) is 147 cm³/mol. The van der Waals surface area contributed by atoms with E-state index in [-0.39, 0.29) is 0 Å². The lowest BCUT2D eigenvalue weighted by Gasteiger charge is -2.36. The molecule has 0 saturated carbocycles. The summed E-state index contributed by atoms with van der Waals surface area (Å²) in [5, 5.41) is 1.69. The molecule has 0 fully saturated rings. The van der Waals surface area contributed by atoms with Gasteiger partial charge in [-0.25, -0.2) is 0 Å².